The maximum Gasteiger partial charge on any atom is 0.321 e. The van der Waals surface area contributed by atoms with Crippen LogP contribution in [0.4, 0.5) is 10.5 Å². The van der Waals surface area contributed by atoms with E-state index in [1.165, 1.54) is 5.56 Å². The van der Waals surface area contributed by atoms with Crippen molar-refractivity contribution in [2.24, 2.45) is 0 Å². The Hall–Kier alpha value is -3.22. The normalized spacial score (nSPS) is 15.0. The van der Waals surface area contributed by atoms with Crippen molar-refractivity contribution in [3.63, 3.8) is 0 Å². The largest absolute Gasteiger partial charge is 0.324 e. The molecule has 0 bridgehead atoms. The van der Waals surface area contributed by atoms with Gasteiger partial charge in [-0.05, 0) is 54.7 Å². The van der Waals surface area contributed by atoms with Crippen LogP contribution in [0.25, 0.3) is 5.69 Å². The highest BCUT2D eigenvalue weighted by atomic mass is 16.2. The summed E-state index contributed by atoms with van der Waals surface area (Å²) in [4.78, 5) is 18.5. The molecule has 1 aromatic carbocycles. The topological polar surface area (TPSA) is 75.9 Å². The van der Waals surface area contributed by atoms with Gasteiger partial charge in [0.15, 0.2) is 0 Å². The van der Waals surface area contributed by atoms with Gasteiger partial charge >= 0.3 is 6.03 Å². The number of hydrogen-bond donors (Lipinski definition) is 1. The third kappa shape index (κ3) is 3.56. The average molecular weight is 348 g/mol. The predicted octanol–water partition coefficient (Wildman–Crippen LogP) is 3.07. The number of benzene rings is 1. The lowest BCUT2D eigenvalue weighted by atomic mass is 9.90. The fourth-order valence-corrected chi connectivity index (χ4v) is 3.33. The van der Waals surface area contributed by atoms with Crippen LogP contribution < -0.4 is 5.32 Å². The van der Waals surface area contributed by atoms with Gasteiger partial charge in [0, 0.05) is 31.2 Å². The molecule has 1 aliphatic rings. The number of likely N-dealkylation sites (tertiary alicyclic amines) is 1. The molecule has 26 heavy (non-hydrogen) atoms. The van der Waals surface area contributed by atoms with E-state index in [2.05, 4.69) is 32.7 Å². The second kappa shape index (κ2) is 7.35. The van der Waals surface area contributed by atoms with E-state index in [0.717, 1.165) is 37.3 Å². The summed E-state index contributed by atoms with van der Waals surface area (Å²) in [6.07, 6.45) is 8.99. The number of rotatable bonds is 3. The standard InChI is InChI=1S/C19H20N6O/c26-19(22-17-2-1-3-18(14-17)25-13-10-21-23-25)24-11-6-16(7-12-24)15-4-8-20-9-5-15/h1-5,8-10,13-14,16H,6-7,11-12H2,(H,22,26). The number of amides is 2. The zero-order valence-electron chi connectivity index (χ0n) is 14.3. The fraction of sp³-hybridized carbons (Fsp3) is 0.263. The predicted molar refractivity (Wildman–Crippen MR) is 98.2 cm³/mol. The molecule has 7 nitrogen and oxygen atoms in total. The Balaban J connectivity index is 1.37. The highest BCUT2D eigenvalue weighted by Gasteiger charge is 2.23. The average Bonchev–Trinajstić information content (AvgIpc) is 3.24. The number of nitrogens with one attached hydrogen (secondary N) is 1. The first-order valence-electron chi connectivity index (χ1n) is 8.72. The Morgan fingerprint density at radius 2 is 1.88 bits per heavy atom. The van der Waals surface area contributed by atoms with Gasteiger partial charge < -0.3 is 10.2 Å². The van der Waals surface area contributed by atoms with Gasteiger partial charge in [0.2, 0.25) is 0 Å². The molecule has 132 valence electrons. The Bertz CT molecular complexity index is 857. The van der Waals surface area contributed by atoms with Gasteiger partial charge in [-0.3, -0.25) is 4.98 Å². The maximum atomic E-state index is 12.6. The van der Waals surface area contributed by atoms with Crippen molar-refractivity contribution >= 4 is 11.7 Å². The van der Waals surface area contributed by atoms with Crippen molar-refractivity contribution in [1.29, 1.82) is 0 Å². The number of aromatic nitrogens is 4. The van der Waals surface area contributed by atoms with Gasteiger partial charge in [-0.25, -0.2) is 9.48 Å². The molecular formula is C19H20N6O. The van der Waals surface area contributed by atoms with Gasteiger partial charge in [-0.15, -0.1) is 5.10 Å². The van der Waals surface area contributed by atoms with E-state index < -0.39 is 0 Å². The zero-order chi connectivity index (χ0) is 17.8. The Kier molecular flexibility index (Phi) is 4.59. The lowest BCUT2D eigenvalue weighted by Crippen LogP contribution is -2.40. The molecular weight excluding hydrogens is 328 g/mol. The van der Waals surface area contributed by atoms with Crippen LogP contribution in [-0.4, -0.2) is 44.0 Å². The molecule has 1 fully saturated rings. The molecule has 3 heterocycles. The summed E-state index contributed by atoms with van der Waals surface area (Å²) < 4.78 is 1.66. The summed E-state index contributed by atoms with van der Waals surface area (Å²) in [5.41, 5.74) is 2.91. The molecule has 1 aliphatic heterocycles. The molecule has 0 aliphatic carbocycles. The summed E-state index contributed by atoms with van der Waals surface area (Å²) in [5, 5.41) is 10.8. The summed E-state index contributed by atoms with van der Waals surface area (Å²) in [7, 11) is 0. The van der Waals surface area contributed by atoms with Crippen LogP contribution >= 0.6 is 0 Å². The van der Waals surface area contributed by atoms with Gasteiger partial charge in [0.05, 0.1) is 18.1 Å². The van der Waals surface area contributed by atoms with E-state index in [9.17, 15) is 4.79 Å². The molecule has 2 amide bonds. The molecule has 4 rings (SSSR count). The highest BCUT2D eigenvalue weighted by molar-refractivity contribution is 5.89. The van der Waals surface area contributed by atoms with E-state index in [4.69, 9.17) is 0 Å². The number of anilines is 1. The van der Waals surface area contributed by atoms with E-state index in [-0.39, 0.29) is 6.03 Å². The number of hydrogen-bond acceptors (Lipinski definition) is 4. The van der Waals surface area contributed by atoms with Crippen LogP contribution in [0.5, 0.6) is 0 Å². The summed E-state index contributed by atoms with van der Waals surface area (Å²) in [6, 6.07) is 11.6. The van der Waals surface area contributed by atoms with Crippen LogP contribution in [-0.2, 0) is 0 Å². The van der Waals surface area contributed by atoms with Crippen LogP contribution in [0.3, 0.4) is 0 Å². The van der Waals surface area contributed by atoms with Crippen molar-refractivity contribution < 1.29 is 4.79 Å². The monoisotopic (exact) mass is 348 g/mol. The van der Waals surface area contributed by atoms with Crippen molar-refractivity contribution in [2.75, 3.05) is 18.4 Å². The van der Waals surface area contributed by atoms with E-state index in [1.807, 2.05) is 41.6 Å². The van der Waals surface area contributed by atoms with Gasteiger partial charge in [-0.1, -0.05) is 11.3 Å². The van der Waals surface area contributed by atoms with Gasteiger partial charge in [-0.2, -0.15) is 0 Å². The van der Waals surface area contributed by atoms with Crippen molar-refractivity contribution in [3.05, 3.63) is 66.7 Å². The maximum absolute atomic E-state index is 12.6. The van der Waals surface area contributed by atoms with Crippen LogP contribution in [0, 0.1) is 0 Å². The van der Waals surface area contributed by atoms with Crippen molar-refractivity contribution in [3.8, 4) is 5.69 Å². The first-order valence-corrected chi connectivity index (χ1v) is 8.72. The lowest BCUT2D eigenvalue weighted by molar-refractivity contribution is 0.194. The molecule has 0 radical (unpaired) electrons. The van der Waals surface area contributed by atoms with Gasteiger partial charge in [0.1, 0.15) is 0 Å². The Morgan fingerprint density at radius 1 is 1.08 bits per heavy atom. The highest BCUT2D eigenvalue weighted by Crippen LogP contribution is 2.27. The number of urea groups is 1. The second-order valence-electron chi connectivity index (χ2n) is 6.37. The van der Waals surface area contributed by atoms with Gasteiger partial charge in [0.25, 0.3) is 0 Å². The first-order chi connectivity index (χ1) is 12.8. The van der Waals surface area contributed by atoms with Crippen LogP contribution in [0.2, 0.25) is 0 Å². The smallest absolute Gasteiger partial charge is 0.321 e. The zero-order valence-corrected chi connectivity index (χ0v) is 14.3. The number of pyridine rings is 1. The molecule has 1 saturated heterocycles. The number of piperidine rings is 1. The number of carbonyl (C=O) groups excluding carboxylic acids is 1. The van der Waals surface area contributed by atoms with Crippen molar-refractivity contribution in [1.82, 2.24) is 24.9 Å². The quantitative estimate of drug-likeness (QED) is 0.789. The van der Waals surface area contributed by atoms with E-state index in [0.29, 0.717) is 5.92 Å². The minimum atomic E-state index is -0.0612. The number of nitrogens with zero attached hydrogens (tertiary/aromatic N) is 5. The second-order valence-corrected chi connectivity index (χ2v) is 6.37. The summed E-state index contributed by atoms with van der Waals surface area (Å²) in [5.74, 6) is 0.498. The molecule has 0 atom stereocenters. The molecule has 1 N–H and O–H groups in total. The molecule has 0 saturated carbocycles. The van der Waals surface area contributed by atoms with Crippen LogP contribution in [0.15, 0.2) is 61.2 Å². The minimum Gasteiger partial charge on any atom is -0.324 e. The molecule has 2 aromatic heterocycles. The number of carbonyl (C=O) groups is 1. The summed E-state index contributed by atoms with van der Waals surface area (Å²) >= 11 is 0. The summed E-state index contributed by atoms with van der Waals surface area (Å²) in [6.45, 7) is 1.50. The third-order valence-electron chi connectivity index (χ3n) is 4.74. The van der Waals surface area contributed by atoms with Crippen molar-refractivity contribution in [2.45, 2.75) is 18.8 Å². The molecule has 7 heteroatoms. The molecule has 0 unspecified atom stereocenters. The SMILES string of the molecule is O=C(Nc1cccc(-n2ccnn2)c1)N1CCC(c2ccncc2)CC1. The fourth-order valence-electron chi connectivity index (χ4n) is 3.33. The Labute approximate surface area is 151 Å². The van der Waals surface area contributed by atoms with Crippen LogP contribution in [0.1, 0.15) is 24.3 Å². The molecule has 3 aromatic rings. The van der Waals surface area contributed by atoms with E-state index in [1.54, 1.807) is 17.1 Å². The first kappa shape index (κ1) is 16.3. The minimum absolute atomic E-state index is 0.0612. The lowest BCUT2D eigenvalue weighted by Gasteiger charge is -2.32. The third-order valence-corrected chi connectivity index (χ3v) is 4.74. The van der Waals surface area contributed by atoms with E-state index >= 15 is 0 Å². The Morgan fingerprint density at radius 3 is 2.62 bits per heavy atom. The molecule has 0 spiro atoms.